The minimum absolute atomic E-state index is 0.0120. The predicted octanol–water partition coefficient (Wildman–Crippen LogP) is 2.62. The largest absolute Gasteiger partial charge is 0.478 e. The number of rotatable bonds is 7. The van der Waals surface area contributed by atoms with E-state index in [2.05, 4.69) is 22.2 Å². The van der Waals surface area contributed by atoms with Gasteiger partial charge in [-0.25, -0.2) is 4.98 Å². The molecule has 0 saturated heterocycles. The lowest BCUT2D eigenvalue weighted by molar-refractivity contribution is 0.0942. The molecule has 112 valence electrons. The molecule has 1 fully saturated rings. The van der Waals surface area contributed by atoms with E-state index in [1.54, 1.807) is 12.3 Å². The summed E-state index contributed by atoms with van der Waals surface area (Å²) in [6.45, 7) is 3.68. The van der Waals surface area contributed by atoms with E-state index >= 15 is 0 Å². The molecular formula is C15H25N3O2. The highest BCUT2D eigenvalue weighted by Crippen LogP contribution is 2.35. The Morgan fingerprint density at radius 3 is 2.85 bits per heavy atom. The van der Waals surface area contributed by atoms with Gasteiger partial charge < -0.3 is 15.2 Å². The molecule has 0 unspecified atom stereocenters. The van der Waals surface area contributed by atoms with Crippen LogP contribution in [0.5, 0.6) is 5.88 Å². The van der Waals surface area contributed by atoms with Crippen molar-refractivity contribution in [2.45, 2.75) is 45.4 Å². The van der Waals surface area contributed by atoms with E-state index in [1.807, 2.05) is 0 Å². The second-order valence-electron chi connectivity index (χ2n) is 5.64. The van der Waals surface area contributed by atoms with Gasteiger partial charge >= 0.3 is 0 Å². The zero-order chi connectivity index (χ0) is 14.3. The molecule has 0 atom stereocenters. The summed E-state index contributed by atoms with van der Waals surface area (Å²) in [5.74, 6) is 1.18. The molecule has 0 bridgehead atoms. The minimum Gasteiger partial charge on any atom is -0.478 e. The average molecular weight is 279 g/mol. The van der Waals surface area contributed by atoms with Gasteiger partial charge in [0.2, 0.25) is 11.8 Å². The normalized spacial score (nSPS) is 17.7. The van der Waals surface area contributed by atoms with Gasteiger partial charge in [0.05, 0.1) is 13.2 Å². The highest BCUT2D eigenvalue weighted by Gasteiger charge is 2.31. The van der Waals surface area contributed by atoms with Crippen molar-refractivity contribution in [2.75, 3.05) is 25.1 Å². The highest BCUT2D eigenvalue weighted by atomic mass is 16.5. The van der Waals surface area contributed by atoms with Crippen LogP contribution in [0.25, 0.3) is 0 Å². The quantitative estimate of drug-likeness (QED) is 0.803. The van der Waals surface area contributed by atoms with Crippen molar-refractivity contribution in [1.29, 1.82) is 0 Å². The van der Waals surface area contributed by atoms with Crippen molar-refractivity contribution in [3.8, 4) is 5.88 Å². The van der Waals surface area contributed by atoms with E-state index in [0.29, 0.717) is 18.4 Å². The van der Waals surface area contributed by atoms with Crippen LogP contribution in [0, 0.1) is 5.41 Å². The summed E-state index contributed by atoms with van der Waals surface area (Å²) in [7, 11) is 0. The molecule has 0 aromatic carbocycles. The molecule has 5 nitrogen and oxygen atoms in total. The Hall–Kier alpha value is -1.36. The van der Waals surface area contributed by atoms with Crippen molar-refractivity contribution >= 4 is 5.95 Å². The monoisotopic (exact) mass is 279 g/mol. The van der Waals surface area contributed by atoms with Crippen LogP contribution < -0.4 is 10.1 Å². The summed E-state index contributed by atoms with van der Waals surface area (Å²) in [5, 5.41) is 12.9. The van der Waals surface area contributed by atoms with Gasteiger partial charge in [-0.1, -0.05) is 26.2 Å². The zero-order valence-corrected chi connectivity index (χ0v) is 12.3. The first-order chi connectivity index (χ1) is 9.78. The molecule has 1 aliphatic carbocycles. The fourth-order valence-corrected chi connectivity index (χ4v) is 2.67. The lowest BCUT2D eigenvalue weighted by Gasteiger charge is -2.35. The van der Waals surface area contributed by atoms with Crippen molar-refractivity contribution in [2.24, 2.45) is 5.41 Å². The second-order valence-corrected chi connectivity index (χ2v) is 5.64. The van der Waals surface area contributed by atoms with E-state index < -0.39 is 0 Å². The molecular weight excluding hydrogens is 254 g/mol. The lowest BCUT2D eigenvalue weighted by atomic mass is 9.74. The first kappa shape index (κ1) is 15.0. The Labute approximate surface area is 120 Å². The third kappa shape index (κ3) is 4.07. The number of ether oxygens (including phenoxy) is 1. The van der Waals surface area contributed by atoms with Crippen LogP contribution >= 0.6 is 0 Å². The molecule has 0 amide bonds. The molecule has 20 heavy (non-hydrogen) atoms. The van der Waals surface area contributed by atoms with Crippen LogP contribution in [0.3, 0.4) is 0 Å². The third-order valence-corrected chi connectivity index (χ3v) is 3.96. The number of aliphatic hydroxyl groups is 1. The number of nitrogens with zero attached hydrogens (tertiary/aromatic N) is 2. The average Bonchev–Trinajstić information content (AvgIpc) is 2.52. The lowest BCUT2D eigenvalue weighted by Crippen LogP contribution is -2.35. The van der Waals surface area contributed by atoms with Gasteiger partial charge in [-0.3, -0.25) is 0 Å². The molecule has 1 heterocycles. The van der Waals surface area contributed by atoms with Gasteiger partial charge in [0.1, 0.15) is 0 Å². The Morgan fingerprint density at radius 2 is 2.15 bits per heavy atom. The topological polar surface area (TPSA) is 67.3 Å². The standard InChI is InChI=1S/C15H25N3O2/c1-2-10-20-13-6-9-16-14(18-13)17-11-15(12-19)7-4-3-5-8-15/h6,9,19H,2-5,7-8,10-12H2,1H3,(H,16,17,18). The van der Waals surface area contributed by atoms with Gasteiger partial charge in [-0.2, -0.15) is 4.98 Å². The van der Waals surface area contributed by atoms with Gasteiger partial charge in [0.25, 0.3) is 0 Å². The Kier molecular flexibility index (Phi) is 5.59. The maximum absolute atomic E-state index is 9.68. The van der Waals surface area contributed by atoms with Gasteiger partial charge in [0, 0.05) is 24.2 Å². The number of nitrogens with one attached hydrogen (secondary N) is 1. The summed E-state index contributed by atoms with van der Waals surface area (Å²) in [6.07, 6.45) is 8.47. The Balaban J connectivity index is 1.92. The van der Waals surface area contributed by atoms with E-state index in [0.717, 1.165) is 25.8 Å². The van der Waals surface area contributed by atoms with Gasteiger partial charge in [0.15, 0.2) is 0 Å². The first-order valence-electron chi connectivity index (χ1n) is 7.58. The molecule has 0 spiro atoms. The van der Waals surface area contributed by atoms with Crippen molar-refractivity contribution < 1.29 is 9.84 Å². The number of aromatic nitrogens is 2. The van der Waals surface area contributed by atoms with Crippen molar-refractivity contribution in [3.05, 3.63) is 12.3 Å². The van der Waals surface area contributed by atoms with Crippen molar-refractivity contribution in [1.82, 2.24) is 9.97 Å². The molecule has 1 saturated carbocycles. The molecule has 0 radical (unpaired) electrons. The van der Waals surface area contributed by atoms with Crippen LogP contribution in [0.1, 0.15) is 45.4 Å². The summed E-state index contributed by atoms with van der Waals surface area (Å²) < 4.78 is 5.50. The molecule has 0 aliphatic heterocycles. The smallest absolute Gasteiger partial charge is 0.225 e. The van der Waals surface area contributed by atoms with Crippen LogP contribution in [-0.4, -0.2) is 34.8 Å². The third-order valence-electron chi connectivity index (χ3n) is 3.96. The van der Waals surface area contributed by atoms with E-state index in [4.69, 9.17) is 4.74 Å². The van der Waals surface area contributed by atoms with E-state index in [-0.39, 0.29) is 12.0 Å². The number of aliphatic hydroxyl groups excluding tert-OH is 1. The first-order valence-corrected chi connectivity index (χ1v) is 7.58. The van der Waals surface area contributed by atoms with E-state index in [1.165, 1.54) is 19.3 Å². The highest BCUT2D eigenvalue weighted by molar-refractivity contribution is 5.28. The van der Waals surface area contributed by atoms with Crippen LogP contribution in [-0.2, 0) is 0 Å². The summed E-state index contributed by atoms with van der Waals surface area (Å²) in [6, 6.07) is 1.77. The fraction of sp³-hybridized carbons (Fsp3) is 0.733. The van der Waals surface area contributed by atoms with Crippen LogP contribution in [0.4, 0.5) is 5.95 Å². The molecule has 5 heteroatoms. The molecule has 1 aliphatic rings. The number of hydrogen-bond donors (Lipinski definition) is 2. The minimum atomic E-state index is -0.0120. The summed E-state index contributed by atoms with van der Waals surface area (Å²) >= 11 is 0. The maximum Gasteiger partial charge on any atom is 0.225 e. The maximum atomic E-state index is 9.68. The second kappa shape index (κ2) is 7.43. The Bertz CT molecular complexity index is 406. The Morgan fingerprint density at radius 1 is 1.35 bits per heavy atom. The van der Waals surface area contributed by atoms with E-state index in [9.17, 15) is 5.11 Å². The predicted molar refractivity (Wildman–Crippen MR) is 78.9 cm³/mol. The van der Waals surface area contributed by atoms with Crippen molar-refractivity contribution in [3.63, 3.8) is 0 Å². The molecule has 2 N–H and O–H groups in total. The summed E-state index contributed by atoms with van der Waals surface area (Å²) in [5.41, 5.74) is -0.0120. The van der Waals surface area contributed by atoms with Gasteiger partial charge in [-0.05, 0) is 19.3 Å². The SMILES string of the molecule is CCCOc1ccnc(NCC2(CO)CCCCC2)n1. The molecule has 2 rings (SSSR count). The molecule has 1 aromatic rings. The van der Waals surface area contributed by atoms with Crippen LogP contribution in [0.15, 0.2) is 12.3 Å². The molecule has 1 aromatic heterocycles. The van der Waals surface area contributed by atoms with Crippen LogP contribution in [0.2, 0.25) is 0 Å². The van der Waals surface area contributed by atoms with Gasteiger partial charge in [-0.15, -0.1) is 0 Å². The summed E-state index contributed by atoms with van der Waals surface area (Å²) in [4.78, 5) is 8.55. The number of anilines is 1. The zero-order valence-electron chi connectivity index (χ0n) is 12.3. The number of hydrogen-bond acceptors (Lipinski definition) is 5. The fourth-order valence-electron chi connectivity index (χ4n) is 2.67.